The van der Waals surface area contributed by atoms with Crippen LogP contribution in [-0.4, -0.2) is 47.2 Å². The molecule has 4 atom stereocenters. The largest absolute Gasteiger partial charge is 0.480 e. The van der Waals surface area contributed by atoms with Crippen molar-refractivity contribution in [2.75, 3.05) is 19.6 Å². The molecule has 18 heavy (non-hydrogen) atoms. The molecule has 2 N–H and O–H groups in total. The van der Waals surface area contributed by atoms with Crippen molar-refractivity contribution >= 4 is 5.97 Å². The highest BCUT2D eigenvalue weighted by molar-refractivity contribution is 5.78. The van der Waals surface area contributed by atoms with E-state index in [9.17, 15) is 9.90 Å². The monoisotopic (exact) mass is 256 g/mol. The number of rotatable bonds is 5. The molecule has 1 aliphatic rings. The summed E-state index contributed by atoms with van der Waals surface area (Å²) in [5.74, 6) is 0.520. The molecule has 1 rings (SSSR count). The predicted octanol–water partition coefficient (Wildman–Crippen LogP) is 1.81. The fourth-order valence-corrected chi connectivity index (χ4v) is 3.04. The van der Waals surface area contributed by atoms with Crippen LogP contribution in [0.15, 0.2) is 0 Å². The number of hydrogen-bond acceptors (Lipinski definition) is 3. The summed E-state index contributed by atoms with van der Waals surface area (Å²) in [6.07, 6.45) is 1.24. The van der Waals surface area contributed by atoms with Crippen LogP contribution in [0.5, 0.6) is 0 Å². The number of likely N-dealkylation sites (N-methyl/N-ethyl adjacent to an activating group) is 1. The SMILES string of the molecule is CCNC(C)(CN1CC(C)CC(C)C1C)C(=O)O. The van der Waals surface area contributed by atoms with Gasteiger partial charge in [0.15, 0.2) is 0 Å². The van der Waals surface area contributed by atoms with E-state index in [1.807, 2.05) is 6.92 Å². The maximum absolute atomic E-state index is 11.5. The lowest BCUT2D eigenvalue weighted by Crippen LogP contribution is -2.60. The van der Waals surface area contributed by atoms with Crippen LogP contribution in [0, 0.1) is 11.8 Å². The molecule has 1 aliphatic heterocycles. The van der Waals surface area contributed by atoms with Gasteiger partial charge in [0.25, 0.3) is 0 Å². The molecule has 0 radical (unpaired) electrons. The molecule has 4 heteroatoms. The maximum atomic E-state index is 11.5. The fraction of sp³-hybridized carbons (Fsp3) is 0.929. The molecule has 4 unspecified atom stereocenters. The minimum atomic E-state index is -0.847. The minimum absolute atomic E-state index is 0.457. The molecule has 0 amide bonds. The van der Waals surface area contributed by atoms with Crippen LogP contribution in [0.3, 0.4) is 0 Å². The quantitative estimate of drug-likeness (QED) is 0.787. The highest BCUT2D eigenvalue weighted by atomic mass is 16.4. The van der Waals surface area contributed by atoms with E-state index in [2.05, 4.69) is 31.0 Å². The first-order valence-corrected chi connectivity index (χ1v) is 7.02. The number of nitrogens with one attached hydrogen (secondary N) is 1. The van der Waals surface area contributed by atoms with Crippen LogP contribution in [0.25, 0.3) is 0 Å². The Morgan fingerprint density at radius 3 is 2.56 bits per heavy atom. The molecule has 4 nitrogen and oxygen atoms in total. The Bertz CT molecular complexity index is 296. The molecule has 106 valence electrons. The van der Waals surface area contributed by atoms with Gasteiger partial charge in [-0.2, -0.15) is 0 Å². The summed E-state index contributed by atoms with van der Waals surface area (Å²) in [5, 5.41) is 12.5. The third-order valence-electron chi connectivity index (χ3n) is 4.28. The van der Waals surface area contributed by atoms with E-state index in [0.29, 0.717) is 31.0 Å². The van der Waals surface area contributed by atoms with Crippen molar-refractivity contribution in [1.29, 1.82) is 0 Å². The summed E-state index contributed by atoms with van der Waals surface area (Å²) in [6, 6.07) is 0.457. The maximum Gasteiger partial charge on any atom is 0.324 e. The van der Waals surface area contributed by atoms with E-state index in [4.69, 9.17) is 0 Å². The van der Waals surface area contributed by atoms with Crippen LogP contribution in [0.4, 0.5) is 0 Å². The van der Waals surface area contributed by atoms with Gasteiger partial charge in [-0.1, -0.05) is 20.8 Å². The Morgan fingerprint density at radius 1 is 1.44 bits per heavy atom. The average molecular weight is 256 g/mol. The average Bonchev–Trinajstić information content (AvgIpc) is 2.25. The summed E-state index contributed by atoms with van der Waals surface area (Å²) in [4.78, 5) is 13.8. The molecular formula is C14H28N2O2. The zero-order valence-corrected chi connectivity index (χ0v) is 12.4. The van der Waals surface area contributed by atoms with Crippen molar-refractivity contribution in [1.82, 2.24) is 10.2 Å². The van der Waals surface area contributed by atoms with Crippen molar-refractivity contribution in [3.63, 3.8) is 0 Å². The first-order chi connectivity index (χ1) is 8.30. The second-order valence-corrected chi connectivity index (χ2v) is 6.16. The predicted molar refractivity (Wildman–Crippen MR) is 73.7 cm³/mol. The van der Waals surface area contributed by atoms with Crippen LogP contribution >= 0.6 is 0 Å². The molecule has 0 aliphatic carbocycles. The molecule has 0 spiro atoms. The zero-order chi connectivity index (χ0) is 13.9. The van der Waals surface area contributed by atoms with E-state index in [-0.39, 0.29) is 0 Å². The van der Waals surface area contributed by atoms with Gasteiger partial charge in [0, 0.05) is 19.1 Å². The molecule has 0 bridgehead atoms. The molecular weight excluding hydrogens is 228 g/mol. The highest BCUT2D eigenvalue weighted by Crippen LogP contribution is 2.28. The third-order valence-corrected chi connectivity index (χ3v) is 4.28. The summed E-state index contributed by atoms with van der Waals surface area (Å²) in [7, 11) is 0. The highest BCUT2D eigenvalue weighted by Gasteiger charge is 2.38. The van der Waals surface area contributed by atoms with E-state index in [0.717, 1.165) is 6.54 Å². The third kappa shape index (κ3) is 3.45. The Morgan fingerprint density at radius 2 is 2.06 bits per heavy atom. The standard InChI is InChI=1S/C14H28N2O2/c1-6-15-14(5,13(17)18)9-16-8-10(2)7-11(3)12(16)4/h10-12,15H,6-9H2,1-5H3,(H,17,18). The normalized spacial score (nSPS) is 33.1. The fourth-order valence-electron chi connectivity index (χ4n) is 3.04. The van der Waals surface area contributed by atoms with Crippen LogP contribution in [-0.2, 0) is 4.79 Å². The number of carboxylic acids is 1. The summed E-state index contributed by atoms with van der Waals surface area (Å²) in [6.45, 7) is 12.7. The number of hydrogen-bond donors (Lipinski definition) is 2. The van der Waals surface area contributed by atoms with E-state index >= 15 is 0 Å². The number of carboxylic acid groups (broad SMARTS) is 1. The van der Waals surface area contributed by atoms with Gasteiger partial charge in [-0.3, -0.25) is 9.69 Å². The van der Waals surface area contributed by atoms with E-state index in [1.165, 1.54) is 6.42 Å². The number of piperidine rings is 1. The lowest BCUT2D eigenvalue weighted by molar-refractivity contribution is -0.145. The Balaban J connectivity index is 2.76. The van der Waals surface area contributed by atoms with Gasteiger partial charge < -0.3 is 10.4 Å². The second-order valence-electron chi connectivity index (χ2n) is 6.16. The van der Waals surface area contributed by atoms with Gasteiger partial charge in [0.05, 0.1) is 0 Å². The molecule has 0 aromatic carbocycles. The Labute approximate surface area is 111 Å². The van der Waals surface area contributed by atoms with Crippen molar-refractivity contribution in [2.45, 2.75) is 52.6 Å². The zero-order valence-electron chi connectivity index (χ0n) is 12.4. The number of aliphatic carboxylic acids is 1. The molecule has 0 aromatic rings. The molecule has 1 saturated heterocycles. The first-order valence-electron chi connectivity index (χ1n) is 7.02. The van der Waals surface area contributed by atoms with E-state index < -0.39 is 11.5 Å². The molecule has 0 aromatic heterocycles. The molecule has 1 heterocycles. The Hall–Kier alpha value is -0.610. The van der Waals surface area contributed by atoms with E-state index in [1.54, 1.807) is 6.92 Å². The van der Waals surface area contributed by atoms with Gasteiger partial charge in [-0.05, 0) is 38.6 Å². The lowest BCUT2D eigenvalue weighted by Gasteiger charge is -2.44. The van der Waals surface area contributed by atoms with Gasteiger partial charge in [0.2, 0.25) is 0 Å². The van der Waals surface area contributed by atoms with Gasteiger partial charge in [-0.25, -0.2) is 0 Å². The summed E-state index contributed by atoms with van der Waals surface area (Å²) < 4.78 is 0. The lowest BCUT2D eigenvalue weighted by atomic mass is 9.85. The van der Waals surface area contributed by atoms with Crippen molar-refractivity contribution in [3.8, 4) is 0 Å². The second kappa shape index (κ2) is 6.02. The van der Waals surface area contributed by atoms with Crippen LogP contribution in [0.1, 0.15) is 41.0 Å². The van der Waals surface area contributed by atoms with Gasteiger partial charge in [-0.15, -0.1) is 0 Å². The number of nitrogens with zero attached hydrogens (tertiary/aromatic N) is 1. The van der Waals surface area contributed by atoms with Crippen molar-refractivity contribution < 1.29 is 9.90 Å². The van der Waals surface area contributed by atoms with Crippen LogP contribution < -0.4 is 5.32 Å². The summed E-state index contributed by atoms with van der Waals surface area (Å²) in [5.41, 5.74) is -0.847. The molecule has 1 fully saturated rings. The van der Waals surface area contributed by atoms with Gasteiger partial charge >= 0.3 is 5.97 Å². The molecule has 0 saturated carbocycles. The topological polar surface area (TPSA) is 52.6 Å². The minimum Gasteiger partial charge on any atom is -0.480 e. The van der Waals surface area contributed by atoms with Crippen LogP contribution in [0.2, 0.25) is 0 Å². The number of carbonyl (C=O) groups is 1. The smallest absolute Gasteiger partial charge is 0.324 e. The van der Waals surface area contributed by atoms with Crippen molar-refractivity contribution in [2.24, 2.45) is 11.8 Å². The first kappa shape index (κ1) is 15.4. The van der Waals surface area contributed by atoms with Crippen molar-refractivity contribution in [3.05, 3.63) is 0 Å². The number of likely N-dealkylation sites (tertiary alicyclic amines) is 1. The Kier molecular flexibility index (Phi) is 5.17. The summed E-state index contributed by atoms with van der Waals surface area (Å²) >= 11 is 0. The van der Waals surface area contributed by atoms with Gasteiger partial charge in [0.1, 0.15) is 5.54 Å².